The average Bonchev–Trinajstić information content (AvgIpc) is 3.63. The SMILES string of the molecule is C.CCOC(=O)Cl.[C-]#[N+]C(C)(C)c1ccc(-n2c(=O)n(Cc3ccc(OC)cc3)c(=O)c3cnc4ccc(Cl)nc4c32)cc1.[C-]#[N+]C(C)(C)c1ccc(Nc2c(C(=O)NCc3ccc(OC)cc3)cnc3ccc(Cl)nc23)cc1. The summed E-state index contributed by atoms with van der Waals surface area (Å²) in [6, 6.07) is 36.1. The zero-order valence-electron chi connectivity index (χ0n) is 43.4. The van der Waals surface area contributed by atoms with Crippen molar-refractivity contribution in [2.45, 2.75) is 66.2 Å². The Bertz CT molecular complexity index is 3880. The summed E-state index contributed by atoms with van der Waals surface area (Å²) in [6.07, 6.45) is 2.99. The van der Waals surface area contributed by atoms with Crippen molar-refractivity contribution in [1.29, 1.82) is 0 Å². The van der Waals surface area contributed by atoms with Crippen LogP contribution in [0, 0.1) is 13.1 Å². The van der Waals surface area contributed by atoms with Crippen LogP contribution in [0.4, 0.5) is 16.2 Å². The zero-order valence-corrected chi connectivity index (χ0v) is 45.7. The molecule has 0 aliphatic carbocycles. The number of pyridine rings is 4. The third-order valence-electron chi connectivity index (χ3n) is 12.3. The Morgan fingerprint density at radius 3 is 1.70 bits per heavy atom. The van der Waals surface area contributed by atoms with Gasteiger partial charge in [0.25, 0.3) is 22.5 Å². The molecule has 0 spiro atoms. The molecule has 2 N–H and O–H groups in total. The Kier molecular flexibility index (Phi) is 19.5. The highest BCUT2D eigenvalue weighted by molar-refractivity contribution is 6.61. The highest BCUT2D eigenvalue weighted by Gasteiger charge is 2.27. The van der Waals surface area contributed by atoms with Gasteiger partial charge in [-0.1, -0.05) is 54.9 Å². The van der Waals surface area contributed by atoms with Crippen LogP contribution < -0.4 is 31.4 Å². The van der Waals surface area contributed by atoms with Crippen LogP contribution in [0.2, 0.25) is 10.3 Å². The average molecular weight is 1120 g/mol. The van der Waals surface area contributed by atoms with Gasteiger partial charge in [-0.05, 0) is 115 Å². The predicted octanol–water partition coefficient (Wildman–Crippen LogP) is 13.1. The second-order valence-corrected chi connectivity index (χ2v) is 19.3. The van der Waals surface area contributed by atoms with Gasteiger partial charge < -0.3 is 34.5 Å². The number of ether oxygens (including phenoxy) is 3. The fourth-order valence-corrected chi connectivity index (χ4v) is 8.29. The summed E-state index contributed by atoms with van der Waals surface area (Å²) in [5.74, 6) is 1.12. The normalized spacial score (nSPS) is 10.9. The lowest BCUT2D eigenvalue weighted by Gasteiger charge is -2.17. The quantitative estimate of drug-likeness (QED) is 0.0481. The summed E-state index contributed by atoms with van der Waals surface area (Å²) in [6.45, 7) is 24.7. The molecule has 0 fully saturated rings. The number of amides is 1. The van der Waals surface area contributed by atoms with Crippen LogP contribution in [0.15, 0.2) is 143 Å². The summed E-state index contributed by atoms with van der Waals surface area (Å²) in [4.78, 5) is 75.4. The number of nitrogens with one attached hydrogen (secondary N) is 2. The van der Waals surface area contributed by atoms with Crippen molar-refractivity contribution in [2.24, 2.45) is 0 Å². The Balaban J connectivity index is 0.000000229. The van der Waals surface area contributed by atoms with Gasteiger partial charge in [-0.25, -0.2) is 32.7 Å². The lowest BCUT2D eigenvalue weighted by molar-refractivity contribution is 0.0951. The van der Waals surface area contributed by atoms with Gasteiger partial charge in [-0.15, -0.1) is 0 Å². The van der Waals surface area contributed by atoms with Crippen molar-refractivity contribution < 1.29 is 23.8 Å². The van der Waals surface area contributed by atoms with Crippen LogP contribution in [0.3, 0.4) is 0 Å². The number of halogens is 3. The van der Waals surface area contributed by atoms with Gasteiger partial charge in [-0.3, -0.25) is 28.7 Å². The third kappa shape index (κ3) is 14.0. The topological polar surface area (TPSA) is 190 Å². The minimum absolute atomic E-state index is 0. The van der Waals surface area contributed by atoms with Crippen LogP contribution in [-0.4, -0.2) is 61.2 Å². The molecule has 0 radical (unpaired) electrons. The van der Waals surface area contributed by atoms with E-state index in [1.54, 1.807) is 81.8 Å². The van der Waals surface area contributed by atoms with Gasteiger partial charge in [-0.2, -0.15) is 0 Å². The number of rotatable bonds is 13. The van der Waals surface area contributed by atoms with Crippen LogP contribution in [-0.2, 0) is 28.9 Å². The number of carbonyl (C=O) groups is 2. The number of hydrogen-bond donors (Lipinski definition) is 2. The molecule has 5 heterocycles. The molecule has 0 saturated heterocycles. The molecule has 0 atom stereocenters. The van der Waals surface area contributed by atoms with E-state index in [1.807, 2.05) is 88.4 Å². The Hall–Kier alpha value is -8.87. The van der Waals surface area contributed by atoms with E-state index in [4.69, 9.17) is 57.4 Å². The van der Waals surface area contributed by atoms with Crippen molar-refractivity contribution >= 4 is 90.5 Å². The summed E-state index contributed by atoms with van der Waals surface area (Å²) in [5, 5.41) is 7.01. The molecule has 404 valence electrons. The monoisotopic (exact) mass is 1120 g/mol. The summed E-state index contributed by atoms with van der Waals surface area (Å²) in [5.41, 5.74) is 4.69. The van der Waals surface area contributed by atoms with E-state index in [0.29, 0.717) is 68.6 Å². The first kappa shape index (κ1) is 59.4. The van der Waals surface area contributed by atoms with Crippen LogP contribution >= 0.6 is 34.8 Å². The number of benzene rings is 4. The number of aromatic nitrogens is 6. The number of fused-ring (bicyclic) bond motifs is 4. The van der Waals surface area contributed by atoms with Gasteiger partial charge >= 0.3 is 11.1 Å². The number of carbonyl (C=O) groups excluding carboxylic acids is 2. The molecule has 1 amide bonds. The smallest absolute Gasteiger partial charge is 0.403 e. The van der Waals surface area contributed by atoms with Crippen molar-refractivity contribution in [3.63, 3.8) is 0 Å². The molecule has 0 aliphatic rings. The molecule has 9 aromatic rings. The summed E-state index contributed by atoms with van der Waals surface area (Å²) >= 11 is 17.1. The molecular formula is C59H55Cl3N10O7. The molecule has 5 aromatic heterocycles. The van der Waals surface area contributed by atoms with Crippen LogP contribution in [0.1, 0.15) is 74.7 Å². The Morgan fingerprint density at radius 2 is 1.19 bits per heavy atom. The maximum atomic E-state index is 14.0. The fraction of sp³-hybridized carbons (Fsp3) is 0.220. The minimum atomic E-state index is -0.738. The molecule has 0 saturated carbocycles. The van der Waals surface area contributed by atoms with Gasteiger partial charge in [0.2, 0.25) is 0 Å². The van der Waals surface area contributed by atoms with Gasteiger partial charge in [0.05, 0.1) is 66.2 Å². The van der Waals surface area contributed by atoms with E-state index in [-0.39, 0.29) is 30.4 Å². The van der Waals surface area contributed by atoms with Crippen molar-refractivity contribution in [2.75, 3.05) is 26.1 Å². The minimum Gasteiger partial charge on any atom is -0.497 e. The maximum Gasteiger partial charge on any atom is 0.403 e. The highest BCUT2D eigenvalue weighted by atomic mass is 35.5. The largest absolute Gasteiger partial charge is 0.497 e. The van der Waals surface area contributed by atoms with E-state index < -0.39 is 27.8 Å². The standard InChI is InChI=1S/C28H22ClN5O3.C27H24ClN5O2.C3H5ClO2.CH4/c1-28(2,30-3)18-7-9-19(10-8-18)34-25-21(15-31-22-13-14-23(29)32-24(22)25)26(35)33(27(34)36)16-17-5-11-20(37-4)12-6-17;1-27(2,29-3)18-7-9-19(10-8-18)32-24-21(16-30-22-13-14-23(28)33-25(22)24)26(34)31-15-17-5-11-20(35-4)12-6-17;1-2-6-3(4)5;/h5-15H,16H2,1-2,4H3;5-14,16H,15H2,1-2,4H3,(H,30,32)(H,31,34);2H2,1H3;1H4. The van der Waals surface area contributed by atoms with E-state index in [0.717, 1.165) is 33.7 Å². The van der Waals surface area contributed by atoms with Crippen LogP contribution in [0.5, 0.6) is 11.5 Å². The van der Waals surface area contributed by atoms with E-state index in [1.165, 1.54) is 21.5 Å². The highest BCUT2D eigenvalue weighted by Crippen LogP contribution is 2.32. The Labute approximate surface area is 471 Å². The second kappa shape index (κ2) is 26.0. The van der Waals surface area contributed by atoms with E-state index >= 15 is 0 Å². The second-order valence-electron chi connectivity index (χ2n) is 18.2. The summed E-state index contributed by atoms with van der Waals surface area (Å²) < 4.78 is 17.2. The molecule has 17 nitrogen and oxygen atoms in total. The zero-order chi connectivity index (χ0) is 56.3. The van der Waals surface area contributed by atoms with E-state index in [9.17, 15) is 19.2 Å². The number of anilines is 2. The molecule has 20 heteroatoms. The van der Waals surface area contributed by atoms with E-state index in [2.05, 4.69) is 45.0 Å². The van der Waals surface area contributed by atoms with Gasteiger partial charge in [0.1, 0.15) is 32.8 Å². The molecule has 4 aromatic carbocycles. The number of nitrogens with zero attached hydrogens (tertiary/aromatic N) is 8. The lowest BCUT2D eigenvalue weighted by atomic mass is 9.95. The molecule has 79 heavy (non-hydrogen) atoms. The first-order valence-corrected chi connectivity index (χ1v) is 25.1. The molecular weight excluding hydrogens is 1070 g/mol. The molecule has 0 aliphatic heterocycles. The molecule has 9 rings (SSSR count). The van der Waals surface area contributed by atoms with Gasteiger partial charge in [0, 0.05) is 75.0 Å². The summed E-state index contributed by atoms with van der Waals surface area (Å²) in [7, 11) is 3.18. The number of hydrogen-bond acceptors (Lipinski definition) is 12. The first-order valence-electron chi connectivity index (χ1n) is 24.0. The third-order valence-corrected chi connectivity index (χ3v) is 12.8. The van der Waals surface area contributed by atoms with Crippen molar-refractivity contribution in [3.8, 4) is 17.2 Å². The maximum absolute atomic E-state index is 14.0. The first-order chi connectivity index (χ1) is 37.3. The van der Waals surface area contributed by atoms with Crippen molar-refractivity contribution in [3.05, 3.63) is 216 Å². The lowest BCUT2D eigenvalue weighted by Crippen LogP contribution is -2.40. The van der Waals surface area contributed by atoms with Gasteiger partial charge in [0.15, 0.2) is 0 Å². The predicted molar refractivity (Wildman–Crippen MR) is 311 cm³/mol. The molecule has 0 unspecified atom stereocenters. The fourth-order valence-electron chi connectivity index (χ4n) is 7.88. The molecule has 0 bridgehead atoms. The van der Waals surface area contributed by atoms with Crippen molar-refractivity contribution in [1.82, 2.24) is 34.4 Å². The Morgan fingerprint density at radius 1 is 0.684 bits per heavy atom. The number of methoxy groups -OCH3 is 2. The van der Waals surface area contributed by atoms with Crippen LogP contribution in [0.25, 0.3) is 48.3 Å².